The predicted molar refractivity (Wildman–Crippen MR) is 84.4 cm³/mol. The molecule has 1 unspecified atom stereocenters. The monoisotopic (exact) mass is 290 g/mol. The summed E-state index contributed by atoms with van der Waals surface area (Å²) in [6, 6.07) is 7.96. The largest absolute Gasteiger partial charge is 0.497 e. The molecule has 0 saturated carbocycles. The number of likely N-dealkylation sites (tertiary alicyclic amines) is 1. The van der Waals surface area contributed by atoms with Gasteiger partial charge >= 0.3 is 0 Å². The van der Waals surface area contributed by atoms with Crippen molar-refractivity contribution in [3.63, 3.8) is 0 Å². The Morgan fingerprint density at radius 2 is 1.76 bits per heavy atom. The molecule has 4 nitrogen and oxygen atoms in total. The lowest BCUT2D eigenvalue weighted by atomic mass is 10.1. The van der Waals surface area contributed by atoms with Crippen LogP contribution in [0.5, 0.6) is 5.75 Å². The Morgan fingerprint density at radius 1 is 1.14 bits per heavy atom. The second kappa shape index (κ2) is 7.46. The highest BCUT2D eigenvalue weighted by Gasteiger charge is 2.23. The predicted octanol–water partition coefficient (Wildman–Crippen LogP) is 2.75. The lowest BCUT2D eigenvalue weighted by molar-refractivity contribution is -0.134. The maximum atomic E-state index is 12.4. The summed E-state index contributed by atoms with van der Waals surface area (Å²) in [6.45, 7) is 5.85. The molecular formula is C17H26N2O2. The number of hydrogen-bond donors (Lipinski definition) is 1. The molecule has 1 aromatic rings. The van der Waals surface area contributed by atoms with Crippen molar-refractivity contribution in [2.45, 2.75) is 45.2 Å². The van der Waals surface area contributed by atoms with Gasteiger partial charge in [0.1, 0.15) is 5.75 Å². The Morgan fingerprint density at radius 3 is 2.33 bits per heavy atom. The summed E-state index contributed by atoms with van der Waals surface area (Å²) in [7, 11) is 1.66. The number of methoxy groups -OCH3 is 1. The standard InChI is InChI=1S/C17H26N2O2/c1-13(15-7-9-16(21-3)10-8-15)18-14(2)17(20)19-11-5-4-6-12-19/h7-10,13-14,18H,4-6,11-12H2,1-3H3/t13-,14?/m1/s1. The van der Waals surface area contributed by atoms with E-state index in [1.165, 1.54) is 6.42 Å². The fourth-order valence-corrected chi connectivity index (χ4v) is 2.82. The van der Waals surface area contributed by atoms with Gasteiger partial charge in [0.25, 0.3) is 0 Å². The van der Waals surface area contributed by atoms with Crippen LogP contribution in [0.4, 0.5) is 0 Å². The van der Waals surface area contributed by atoms with Crippen molar-refractivity contribution in [3.05, 3.63) is 29.8 Å². The molecular weight excluding hydrogens is 264 g/mol. The van der Waals surface area contributed by atoms with E-state index in [4.69, 9.17) is 4.74 Å². The third-order valence-electron chi connectivity index (χ3n) is 4.15. The van der Waals surface area contributed by atoms with Crippen molar-refractivity contribution in [1.82, 2.24) is 10.2 Å². The number of ether oxygens (including phenoxy) is 1. The topological polar surface area (TPSA) is 41.6 Å². The third-order valence-corrected chi connectivity index (χ3v) is 4.15. The quantitative estimate of drug-likeness (QED) is 0.906. The highest BCUT2D eigenvalue weighted by molar-refractivity contribution is 5.81. The first-order valence-electron chi connectivity index (χ1n) is 7.80. The molecule has 116 valence electrons. The average molecular weight is 290 g/mol. The van der Waals surface area contributed by atoms with Gasteiger partial charge in [0.15, 0.2) is 0 Å². The van der Waals surface area contributed by atoms with Crippen LogP contribution in [0.2, 0.25) is 0 Å². The summed E-state index contributed by atoms with van der Waals surface area (Å²) in [5, 5.41) is 3.40. The van der Waals surface area contributed by atoms with Crippen LogP contribution in [-0.4, -0.2) is 37.0 Å². The molecule has 0 spiro atoms. The Balaban J connectivity index is 1.90. The molecule has 0 radical (unpaired) electrons. The minimum Gasteiger partial charge on any atom is -0.497 e. The number of amides is 1. The van der Waals surface area contributed by atoms with Crippen LogP contribution < -0.4 is 10.1 Å². The summed E-state index contributed by atoms with van der Waals surface area (Å²) in [6.07, 6.45) is 3.51. The van der Waals surface area contributed by atoms with Gasteiger partial charge < -0.3 is 9.64 Å². The van der Waals surface area contributed by atoms with Gasteiger partial charge in [0, 0.05) is 19.1 Å². The molecule has 1 N–H and O–H groups in total. The Kier molecular flexibility index (Phi) is 5.62. The number of carbonyl (C=O) groups excluding carboxylic acids is 1. The fourth-order valence-electron chi connectivity index (χ4n) is 2.82. The molecule has 1 aliphatic rings. The zero-order valence-electron chi connectivity index (χ0n) is 13.3. The van der Waals surface area contributed by atoms with Gasteiger partial charge in [-0.05, 0) is 50.8 Å². The smallest absolute Gasteiger partial charge is 0.239 e. The SMILES string of the molecule is COc1ccc([C@@H](C)NC(C)C(=O)N2CCCCC2)cc1. The van der Waals surface area contributed by atoms with E-state index in [0.717, 1.165) is 37.2 Å². The van der Waals surface area contributed by atoms with Crippen LogP contribution in [-0.2, 0) is 4.79 Å². The molecule has 1 heterocycles. The van der Waals surface area contributed by atoms with E-state index in [-0.39, 0.29) is 18.0 Å². The molecule has 21 heavy (non-hydrogen) atoms. The van der Waals surface area contributed by atoms with E-state index in [1.807, 2.05) is 36.1 Å². The summed E-state index contributed by atoms with van der Waals surface area (Å²) >= 11 is 0. The van der Waals surface area contributed by atoms with Crippen molar-refractivity contribution < 1.29 is 9.53 Å². The van der Waals surface area contributed by atoms with Gasteiger partial charge in [-0.15, -0.1) is 0 Å². The lowest BCUT2D eigenvalue weighted by Crippen LogP contribution is -2.47. The van der Waals surface area contributed by atoms with Crippen LogP contribution in [0.15, 0.2) is 24.3 Å². The van der Waals surface area contributed by atoms with Gasteiger partial charge in [-0.2, -0.15) is 0 Å². The van der Waals surface area contributed by atoms with Gasteiger partial charge in [-0.25, -0.2) is 0 Å². The maximum Gasteiger partial charge on any atom is 0.239 e. The number of rotatable bonds is 5. The van der Waals surface area contributed by atoms with Crippen LogP contribution in [0.3, 0.4) is 0 Å². The Bertz CT molecular complexity index is 452. The van der Waals surface area contributed by atoms with Crippen LogP contribution >= 0.6 is 0 Å². The van der Waals surface area contributed by atoms with Crippen LogP contribution in [0.1, 0.15) is 44.7 Å². The van der Waals surface area contributed by atoms with Crippen molar-refractivity contribution in [2.75, 3.05) is 20.2 Å². The van der Waals surface area contributed by atoms with Crippen molar-refractivity contribution in [3.8, 4) is 5.75 Å². The van der Waals surface area contributed by atoms with Crippen molar-refractivity contribution in [2.24, 2.45) is 0 Å². The van der Waals surface area contributed by atoms with E-state index in [0.29, 0.717) is 0 Å². The molecule has 1 aliphatic heterocycles. The van der Waals surface area contributed by atoms with Gasteiger partial charge in [0.05, 0.1) is 13.2 Å². The number of benzene rings is 1. The molecule has 0 aliphatic carbocycles. The van der Waals surface area contributed by atoms with Crippen molar-refractivity contribution >= 4 is 5.91 Å². The summed E-state index contributed by atoms with van der Waals surface area (Å²) in [5.41, 5.74) is 1.16. The van der Waals surface area contributed by atoms with Crippen molar-refractivity contribution in [1.29, 1.82) is 0 Å². The van der Waals surface area contributed by atoms with E-state index in [2.05, 4.69) is 12.2 Å². The fraction of sp³-hybridized carbons (Fsp3) is 0.588. The van der Waals surface area contributed by atoms with Gasteiger partial charge in [0.2, 0.25) is 5.91 Å². The number of nitrogens with zero attached hydrogens (tertiary/aromatic N) is 1. The lowest BCUT2D eigenvalue weighted by Gasteiger charge is -2.30. The van der Waals surface area contributed by atoms with E-state index >= 15 is 0 Å². The van der Waals surface area contributed by atoms with Gasteiger partial charge in [-0.1, -0.05) is 12.1 Å². The molecule has 1 amide bonds. The second-order valence-electron chi connectivity index (χ2n) is 5.77. The number of nitrogens with one attached hydrogen (secondary N) is 1. The molecule has 4 heteroatoms. The Hall–Kier alpha value is -1.55. The average Bonchev–Trinajstić information content (AvgIpc) is 2.55. The molecule has 0 bridgehead atoms. The van der Waals surface area contributed by atoms with Gasteiger partial charge in [-0.3, -0.25) is 10.1 Å². The molecule has 1 aromatic carbocycles. The zero-order valence-corrected chi connectivity index (χ0v) is 13.3. The third kappa shape index (κ3) is 4.21. The molecule has 2 rings (SSSR count). The molecule has 1 fully saturated rings. The summed E-state index contributed by atoms with van der Waals surface area (Å²) in [5.74, 6) is 1.07. The normalized spacial score (nSPS) is 18.1. The minimum absolute atomic E-state index is 0.139. The first kappa shape index (κ1) is 15.8. The maximum absolute atomic E-state index is 12.4. The van der Waals surface area contributed by atoms with Crippen LogP contribution in [0, 0.1) is 0 Å². The first-order valence-corrected chi connectivity index (χ1v) is 7.80. The first-order chi connectivity index (χ1) is 10.1. The molecule has 0 aromatic heterocycles. The molecule has 2 atom stereocenters. The van der Waals surface area contributed by atoms with Crippen LogP contribution in [0.25, 0.3) is 0 Å². The highest BCUT2D eigenvalue weighted by atomic mass is 16.5. The minimum atomic E-state index is -0.153. The zero-order chi connectivity index (χ0) is 15.2. The number of piperidine rings is 1. The molecule has 1 saturated heterocycles. The van der Waals surface area contributed by atoms with E-state index < -0.39 is 0 Å². The Labute approximate surface area is 127 Å². The number of hydrogen-bond acceptors (Lipinski definition) is 3. The summed E-state index contributed by atoms with van der Waals surface area (Å²) < 4.78 is 5.17. The summed E-state index contributed by atoms with van der Waals surface area (Å²) in [4.78, 5) is 14.4. The van der Waals surface area contributed by atoms with E-state index in [1.54, 1.807) is 7.11 Å². The van der Waals surface area contributed by atoms with E-state index in [9.17, 15) is 4.79 Å². The number of carbonyl (C=O) groups is 1. The highest BCUT2D eigenvalue weighted by Crippen LogP contribution is 2.18. The second-order valence-corrected chi connectivity index (χ2v) is 5.77.